The monoisotopic (exact) mass is 380 g/mol. The van der Waals surface area contributed by atoms with Crippen LogP contribution < -0.4 is 5.43 Å². The van der Waals surface area contributed by atoms with Crippen LogP contribution in [0.5, 0.6) is 0 Å². The molecule has 26 heavy (non-hydrogen) atoms. The lowest BCUT2D eigenvalue weighted by Crippen LogP contribution is -2.22. The molecule has 0 spiro atoms. The van der Waals surface area contributed by atoms with E-state index in [2.05, 4.69) is 10.5 Å². The number of hydrogen-bond donors (Lipinski definition) is 1. The van der Waals surface area contributed by atoms with Crippen molar-refractivity contribution in [3.63, 3.8) is 0 Å². The molecule has 0 unspecified atom stereocenters. The minimum absolute atomic E-state index is 0.158. The highest BCUT2D eigenvalue weighted by molar-refractivity contribution is 8.00. The first-order valence-electron chi connectivity index (χ1n) is 8.08. The molecular weight excluding hydrogens is 364 g/mol. The molecule has 0 aliphatic rings. The molecular formula is C21H17ClN2OS. The van der Waals surface area contributed by atoms with Crippen LogP contribution in [0.1, 0.15) is 11.1 Å². The standard InChI is InChI=1S/C21H17ClN2OS/c22-18-11-13-19(14-12-18)26-15-20(25)23-24-21(16-7-3-1-4-8-16)17-9-5-2-6-10-17/h1-14H,15H2,(H,23,25). The van der Waals surface area contributed by atoms with Crippen LogP contribution in [0, 0.1) is 0 Å². The molecule has 0 fully saturated rings. The number of rotatable bonds is 6. The van der Waals surface area contributed by atoms with Gasteiger partial charge < -0.3 is 0 Å². The Morgan fingerprint density at radius 1 is 0.846 bits per heavy atom. The van der Waals surface area contributed by atoms with Crippen molar-refractivity contribution in [1.29, 1.82) is 0 Å². The molecule has 3 aromatic carbocycles. The average Bonchev–Trinajstić information content (AvgIpc) is 2.69. The Morgan fingerprint density at radius 2 is 1.38 bits per heavy atom. The Kier molecular flexibility index (Phi) is 6.47. The van der Waals surface area contributed by atoms with Crippen LogP contribution in [0.15, 0.2) is 94.9 Å². The SMILES string of the molecule is O=C(CSc1ccc(Cl)cc1)NN=C(c1ccccc1)c1ccccc1. The van der Waals surface area contributed by atoms with Crippen LogP contribution in [-0.2, 0) is 4.79 Å². The molecule has 130 valence electrons. The highest BCUT2D eigenvalue weighted by Gasteiger charge is 2.08. The van der Waals surface area contributed by atoms with Crippen molar-refractivity contribution in [3.8, 4) is 0 Å². The van der Waals surface area contributed by atoms with Crippen LogP contribution in [0.3, 0.4) is 0 Å². The minimum atomic E-state index is -0.158. The topological polar surface area (TPSA) is 41.5 Å². The summed E-state index contributed by atoms with van der Waals surface area (Å²) in [5.74, 6) is 0.122. The van der Waals surface area contributed by atoms with Gasteiger partial charge in [-0.25, -0.2) is 5.43 Å². The number of hydrogen-bond acceptors (Lipinski definition) is 3. The highest BCUT2D eigenvalue weighted by atomic mass is 35.5. The summed E-state index contributed by atoms with van der Waals surface area (Å²) in [6.07, 6.45) is 0. The van der Waals surface area contributed by atoms with Gasteiger partial charge in [0.05, 0.1) is 11.5 Å². The second kappa shape index (κ2) is 9.22. The second-order valence-corrected chi connectivity index (χ2v) is 6.96. The molecule has 0 atom stereocenters. The Morgan fingerprint density at radius 3 is 1.92 bits per heavy atom. The lowest BCUT2D eigenvalue weighted by molar-refractivity contribution is -0.118. The van der Waals surface area contributed by atoms with Crippen LogP contribution in [0.25, 0.3) is 0 Å². The minimum Gasteiger partial charge on any atom is -0.272 e. The smallest absolute Gasteiger partial charge is 0.250 e. The third-order valence-corrected chi connectivity index (χ3v) is 4.83. The fourth-order valence-electron chi connectivity index (χ4n) is 2.32. The van der Waals surface area contributed by atoms with Gasteiger partial charge in [-0.3, -0.25) is 4.79 Å². The Hall–Kier alpha value is -2.56. The summed E-state index contributed by atoms with van der Waals surface area (Å²) in [7, 11) is 0. The lowest BCUT2D eigenvalue weighted by Gasteiger charge is -2.08. The van der Waals surface area contributed by atoms with Gasteiger partial charge >= 0.3 is 0 Å². The predicted octanol–water partition coefficient (Wildman–Crippen LogP) is 5.00. The van der Waals surface area contributed by atoms with Crippen LogP contribution >= 0.6 is 23.4 Å². The summed E-state index contributed by atoms with van der Waals surface area (Å²) in [6.45, 7) is 0. The van der Waals surface area contributed by atoms with Crippen molar-refractivity contribution in [2.75, 3.05) is 5.75 Å². The summed E-state index contributed by atoms with van der Waals surface area (Å²) in [6, 6.07) is 27.0. The molecule has 3 nitrogen and oxygen atoms in total. The van der Waals surface area contributed by atoms with E-state index in [1.165, 1.54) is 11.8 Å². The fraction of sp³-hybridized carbons (Fsp3) is 0.0476. The van der Waals surface area contributed by atoms with Gasteiger partial charge in [-0.15, -0.1) is 11.8 Å². The summed E-state index contributed by atoms with van der Waals surface area (Å²) >= 11 is 7.31. The van der Waals surface area contributed by atoms with Gasteiger partial charge in [0, 0.05) is 21.0 Å². The van der Waals surface area contributed by atoms with E-state index in [9.17, 15) is 4.79 Å². The van der Waals surface area contributed by atoms with Crippen molar-refractivity contribution in [1.82, 2.24) is 5.43 Å². The van der Waals surface area contributed by atoms with Crippen LogP contribution in [0.2, 0.25) is 5.02 Å². The summed E-state index contributed by atoms with van der Waals surface area (Å²) in [5, 5.41) is 5.05. The van der Waals surface area contributed by atoms with Gasteiger partial charge in [0.25, 0.3) is 0 Å². The van der Waals surface area contributed by atoms with Gasteiger partial charge in [0.15, 0.2) is 0 Å². The quantitative estimate of drug-likeness (QED) is 0.371. The first-order chi connectivity index (χ1) is 12.7. The molecule has 3 aromatic rings. The van der Waals surface area contributed by atoms with Gasteiger partial charge in [0.2, 0.25) is 5.91 Å². The lowest BCUT2D eigenvalue weighted by atomic mass is 10.0. The van der Waals surface area contributed by atoms with E-state index in [-0.39, 0.29) is 11.7 Å². The molecule has 0 saturated carbocycles. The maximum atomic E-state index is 12.2. The van der Waals surface area contributed by atoms with Gasteiger partial charge in [-0.2, -0.15) is 5.10 Å². The molecule has 1 N–H and O–H groups in total. The van der Waals surface area contributed by atoms with Gasteiger partial charge in [0.1, 0.15) is 0 Å². The predicted molar refractivity (Wildman–Crippen MR) is 109 cm³/mol. The van der Waals surface area contributed by atoms with Crippen molar-refractivity contribution in [2.24, 2.45) is 5.10 Å². The first kappa shape index (κ1) is 18.2. The molecule has 0 aliphatic carbocycles. The van der Waals surface area contributed by atoms with E-state index in [1.54, 1.807) is 0 Å². The van der Waals surface area contributed by atoms with Crippen LogP contribution in [0.4, 0.5) is 0 Å². The second-order valence-electron chi connectivity index (χ2n) is 5.47. The van der Waals surface area contributed by atoms with Crippen LogP contribution in [-0.4, -0.2) is 17.4 Å². The van der Waals surface area contributed by atoms with Crippen molar-refractivity contribution >= 4 is 35.0 Å². The zero-order valence-electron chi connectivity index (χ0n) is 13.9. The number of carbonyl (C=O) groups is 1. The van der Waals surface area contributed by atoms with Gasteiger partial charge in [-0.1, -0.05) is 72.3 Å². The number of thioether (sulfide) groups is 1. The first-order valence-corrected chi connectivity index (χ1v) is 9.44. The number of amides is 1. The summed E-state index contributed by atoms with van der Waals surface area (Å²) < 4.78 is 0. The van der Waals surface area contributed by atoms with E-state index >= 15 is 0 Å². The molecule has 0 aliphatic heterocycles. The molecule has 0 heterocycles. The zero-order chi connectivity index (χ0) is 18.2. The zero-order valence-corrected chi connectivity index (χ0v) is 15.5. The Balaban J connectivity index is 1.70. The fourth-order valence-corrected chi connectivity index (χ4v) is 3.13. The molecule has 0 radical (unpaired) electrons. The van der Waals surface area contributed by atoms with Crippen molar-refractivity contribution < 1.29 is 4.79 Å². The third kappa shape index (κ3) is 5.22. The molecule has 3 rings (SSSR count). The number of nitrogens with zero attached hydrogens (tertiary/aromatic N) is 1. The number of hydrazone groups is 1. The molecule has 5 heteroatoms. The Bertz CT molecular complexity index is 839. The van der Waals surface area contributed by atoms with Gasteiger partial charge in [-0.05, 0) is 24.3 Å². The molecule has 0 saturated heterocycles. The maximum absolute atomic E-state index is 12.2. The molecule has 0 bridgehead atoms. The number of nitrogens with one attached hydrogen (secondary N) is 1. The van der Waals surface area contributed by atoms with Crippen molar-refractivity contribution in [3.05, 3.63) is 101 Å². The van der Waals surface area contributed by atoms with E-state index in [1.807, 2.05) is 84.9 Å². The summed E-state index contributed by atoms with van der Waals surface area (Å²) in [5.41, 5.74) is 5.29. The molecule has 0 aromatic heterocycles. The Labute approximate surface area is 162 Å². The number of benzene rings is 3. The maximum Gasteiger partial charge on any atom is 0.250 e. The third-order valence-electron chi connectivity index (χ3n) is 3.57. The number of carbonyl (C=O) groups excluding carboxylic acids is 1. The van der Waals surface area contributed by atoms with E-state index in [0.717, 1.165) is 21.7 Å². The average molecular weight is 381 g/mol. The molecule has 1 amide bonds. The number of halogens is 1. The van der Waals surface area contributed by atoms with Crippen molar-refractivity contribution in [2.45, 2.75) is 4.90 Å². The van der Waals surface area contributed by atoms with E-state index in [4.69, 9.17) is 11.6 Å². The largest absolute Gasteiger partial charge is 0.272 e. The van der Waals surface area contributed by atoms with E-state index in [0.29, 0.717) is 5.02 Å². The normalized spacial score (nSPS) is 10.2. The van der Waals surface area contributed by atoms with E-state index < -0.39 is 0 Å². The summed E-state index contributed by atoms with van der Waals surface area (Å²) in [4.78, 5) is 13.2. The highest BCUT2D eigenvalue weighted by Crippen LogP contribution is 2.20.